The number of para-hydroxylation sites is 2. The summed E-state index contributed by atoms with van der Waals surface area (Å²) in [7, 11) is 1.46. The Kier molecular flexibility index (Phi) is 4.64. The molecule has 28 heavy (non-hydrogen) atoms. The number of methoxy groups -OCH3 is 1. The molecule has 1 heterocycles. The summed E-state index contributed by atoms with van der Waals surface area (Å²) in [6, 6.07) is 22.6. The first-order chi connectivity index (χ1) is 13.7. The number of fused-ring (bicyclic) bond motifs is 1. The fourth-order valence-electron chi connectivity index (χ4n) is 2.96. The molecular weight excluding hydrogens is 356 g/mol. The Morgan fingerprint density at radius 2 is 1.54 bits per heavy atom. The van der Waals surface area contributed by atoms with Crippen LogP contribution in [-0.2, 0) is 0 Å². The van der Waals surface area contributed by atoms with Crippen LogP contribution >= 0.6 is 0 Å². The van der Waals surface area contributed by atoms with Gasteiger partial charge in [-0.1, -0.05) is 54.6 Å². The highest BCUT2D eigenvalue weighted by atomic mass is 16.5. The maximum Gasteiger partial charge on any atom is 0.347 e. The van der Waals surface area contributed by atoms with E-state index >= 15 is 0 Å². The van der Waals surface area contributed by atoms with E-state index in [-0.39, 0.29) is 17.1 Å². The number of hydrogen-bond donors (Lipinski definition) is 0. The summed E-state index contributed by atoms with van der Waals surface area (Å²) in [5.41, 5.74) is 0.858. The minimum atomic E-state index is -0.697. The molecule has 0 aliphatic heterocycles. The lowest BCUT2D eigenvalue weighted by Crippen LogP contribution is -2.17. The first-order valence-corrected chi connectivity index (χ1v) is 8.65. The Labute approximate surface area is 160 Å². The third-order valence-corrected chi connectivity index (χ3v) is 4.31. The molecule has 5 nitrogen and oxygen atoms in total. The zero-order valence-corrected chi connectivity index (χ0v) is 15.0. The van der Waals surface area contributed by atoms with Gasteiger partial charge in [-0.05, 0) is 24.3 Å². The van der Waals surface area contributed by atoms with Gasteiger partial charge < -0.3 is 13.9 Å². The van der Waals surface area contributed by atoms with E-state index in [0.717, 1.165) is 0 Å². The van der Waals surface area contributed by atoms with Crippen molar-refractivity contribution >= 4 is 16.9 Å². The van der Waals surface area contributed by atoms with Crippen LogP contribution in [-0.4, -0.2) is 13.1 Å². The van der Waals surface area contributed by atoms with Gasteiger partial charge in [0.25, 0.3) is 0 Å². The molecule has 4 aromatic rings. The van der Waals surface area contributed by atoms with E-state index in [1.807, 2.05) is 18.2 Å². The van der Waals surface area contributed by atoms with Crippen molar-refractivity contribution < 1.29 is 18.7 Å². The third-order valence-electron chi connectivity index (χ3n) is 4.31. The number of carbonyl (C=O) groups excluding carboxylic acids is 1. The number of rotatable bonds is 4. The third kappa shape index (κ3) is 3.14. The van der Waals surface area contributed by atoms with Crippen LogP contribution in [0.2, 0.25) is 0 Å². The fourth-order valence-corrected chi connectivity index (χ4v) is 2.96. The lowest BCUT2D eigenvalue weighted by Gasteiger charge is -2.12. The lowest BCUT2D eigenvalue weighted by molar-refractivity contribution is 0.0728. The number of hydrogen-bond acceptors (Lipinski definition) is 5. The van der Waals surface area contributed by atoms with Gasteiger partial charge in [0.2, 0.25) is 11.2 Å². The molecule has 0 aliphatic rings. The van der Waals surface area contributed by atoms with Crippen molar-refractivity contribution in [2.75, 3.05) is 7.11 Å². The van der Waals surface area contributed by atoms with Crippen LogP contribution in [0.4, 0.5) is 0 Å². The van der Waals surface area contributed by atoms with Gasteiger partial charge in [-0.2, -0.15) is 0 Å². The highest BCUT2D eigenvalue weighted by molar-refractivity contribution is 5.95. The maximum atomic E-state index is 13.1. The van der Waals surface area contributed by atoms with Crippen molar-refractivity contribution in [1.29, 1.82) is 0 Å². The first kappa shape index (κ1) is 17.5. The summed E-state index contributed by atoms with van der Waals surface area (Å²) in [4.78, 5) is 25.9. The predicted octanol–water partition coefficient (Wildman–Crippen LogP) is 4.69. The molecule has 3 aromatic carbocycles. The Morgan fingerprint density at radius 3 is 2.32 bits per heavy atom. The average molecular weight is 372 g/mol. The Bertz CT molecular complexity index is 1210. The van der Waals surface area contributed by atoms with E-state index in [2.05, 4.69) is 0 Å². The van der Waals surface area contributed by atoms with Gasteiger partial charge in [-0.3, -0.25) is 4.79 Å². The van der Waals surface area contributed by atoms with E-state index in [1.165, 1.54) is 7.11 Å². The Morgan fingerprint density at radius 1 is 0.857 bits per heavy atom. The normalized spacial score (nSPS) is 10.6. The molecule has 138 valence electrons. The summed E-state index contributed by atoms with van der Waals surface area (Å²) in [6.07, 6.45) is 0. The van der Waals surface area contributed by atoms with E-state index < -0.39 is 11.4 Å². The molecule has 0 spiro atoms. The maximum absolute atomic E-state index is 13.1. The largest absolute Gasteiger partial charge is 0.496 e. The SMILES string of the molecule is COc1ccccc1C(=O)Oc1c(-c2ccccc2)oc2ccccc2c1=O. The van der Waals surface area contributed by atoms with Crippen LogP contribution in [0, 0.1) is 0 Å². The van der Waals surface area contributed by atoms with Gasteiger partial charge in [0.1, 0.15) is 16.9 Å². The second-order valence-electron chi connectivity index (χ2n) is 6.04. The second kappa shape index (κ2) is 7.40. The average Bonchev–Trinajstić information content (AvgIpc) is 2.76. The van der Waals surface area contributed by atoms with Gasteiger partial charge in [0.05, 0.1) is 12.5 Å². The fraction of sp³-hybridized carbons (Fsp3) is 0.0435. The second-order valence-corrected chi connectivity index (χ2v) is 6.04. The van der Waals surface area contributed by atoms with Crippen LogP contribution in [0.1, 0.15) is 10.4 Å². The smallest absolute Gasteiger partial charge is 0.347 e. The topological polar surface area (TPSA) is 65.7 Å². The van der Waals surface area contributed by atoms with Gasteiger partial charge in [-0.15, -0.1) is 0 Å². The number of carbonyl (C=O) groups is 1. The van der Waals surface area contributed by atoms with Gasteiger partial charge in [0, 0.05) is 5.56 Å². The van der Waals surface area contributed by atoms with Gasteiger partial charge >= 0.3 is 5.97 Å². The molecule has 0 radical (unpaired) electrons. The molecule has 0 fully saturated rings. The number of benzene rings is 3. The summed E-state index contributed by atoms with van der Waals surface area (Å²) in [6.45, 7) is 0. The van der Waals surface area contributed by atoms with Gasteiger partial charge in [-0.25, -0.2) is 4.79 Å². The monoisotopic (exact) mass is 372 g/mol. The Hall–Kier alpha value is -3.86. The van der Waals surface area contributed by atoms with Crippen molar-refractivity contribution in [3.63, 3.8) is 0 Å². The molecule has 0 saturated heterocycles. The highest BCUT2D eigenvalue weighted by Crippen LogP contribution is 2.31. The van der Waals surface area contributed by atoms with Crippen molar-refractivity contribution in [2.45, 2.75) is 0 Å². The molecule has 1 aromatic heterocycles. The molecule has 0 atom stereocenters. The van der Waals surface area contributed by atoms with Crippen molar-refractivity contribution in [3.05, 3.63) is 94.6 Å². The minimum Gasteiger partial charge on any atom is -0.496 e. The minimum absolute atomic E-state index is 0.152. The molecule has 0 aliphatic carbocycles. The van der Waals surface area contributed by atoms with Crippen molar-refractivity contribution in [2.24, 2.45) is 0 Å². The van der Waals surface area contributed by atoms with E-state index in [4.69, 9.17) is 13.9 Å². The van der Waals surface area contributed by atoms with Crippen LogP contribution in [0.3, 0.4) is 0 Å². The molecule has 0 amide bonds. The van der Waals surface area contributed by atoms with Gasteiger partial charge in [0.15, 0.2) is 5.76 Å². The molecule has 4 rings (SSSR count). The predicted molar refractivity (Wildman–Crippen MR) is 106 cm³/mol. The summed E-state index contributed by atoms with van der Waals surface area (Å²) in [5, 5.41) is 0.338. The van der Waals surface area contributed by atoms with Crippen LogP contribution in [0.15, 0.2) is 88.1 Å². The van der Waals surface area contributed by atoms with E-state index in [9.17, 15) is 9.59 Å². The summed E-state index contributed by atoms with van der Waals surface area (Å²) >= 11 is 0. The molecular formula is C23H16O5. The van der Waals surface area contributed by atoms with E-state index in [0.29, 0.717) is 22.3 Å². The zero-order valence-electron chi connectivity index (χ0n) is 15.0. The lowest BCUT2D eigenvalue weighted by atomic mass is 10.1. The first-order valence-electron chi connectivity index (χ1n) is 8.65. The standard InChI is InChI=1S/C23H16O5/c1-26-18-13-7-6-12-17(18)23(25)28-22-20(24)16-11-5-8-14-19(16)27-21(22)15-9-3-2-4-10-15/h2-14H,1H3. The number of ether oxygens (including phenoxy) is 2. The molecule has 5 heteroatoms. The van der Waals surface area contributed by atoms with Crippen molar-refractivity contribution in [3.8, 4) is 22.8 Å². The van der Waals surface area contributed by atoms with Crippen LogP contribution < -0.4 is 14.9 Å². The quantitative estimate of drug-likeness (QED) is 0.486. The zero-order chi connectivity index (χ0) is 19.5. The Balaban J connectivity index is 1.89. The molecule has 0 bridgehead atoms. The summed E-state index contributed by atoms with van der Waals surface area (Å²) < 4.78 is 16.7. The summed E-state index contributed by atoms with van der Waals surface area (Å²) in [5.74, 6) is -0.287. The molecule has 0 saturated carbocycles. The molecule has 0 unspecified atom stereocenters. The molecule has 0 N–H and O–H groups in total. The van der Waals surface area contributed by atoms with Crippen molar-refractivity contribution in [1.82, 2.24) is 0 Å². The number of esters is 1. The highest BCUT2D eigenvalue weighted by Gasteiger charge is 2.22. The van der Waals surface area contributed by atoms with E-state index in [1.54, 1.807) is 60.7 Å². The van der Waals surface area contributed by atoms with Crippen LogP contribution in [0.25, 0.3) is 22.3 Å². The van der Waals surface area contributed by atoms with Crippen LogP contribution in [0.5, 0.6) is 11.5 Å².